The molecule has 8 heteroatoms. The molecule has 0 aliphatic carbocycles. The second kappa shape index (κ2) is 6.84. The maximum Gasteiger partial charge on any atom is 0.326 e. The SMILES string of the molecule is O=C(O)[C@H]1CCCCN1C(=O)c1ccc(=O)n(-c2ccc(F)cc2)n1. The minimum absolute atomic E-state index is 0.0305. The Bertz CT molecular complexity index is 863. The molecule has 1 fully saturated rings. The molecule has 1 aromatic heterocycles. The summed E-state index contributed by atoms with van der Waals surface area (Å²) in [6.45, 7) is 0.327. The Kier molecular flexibility index (Phi) is 4.60. The molecule has 0 radical (unpaired) electrons. The van der Waals surface area contributed by atoms with Crippen LogP contribution in [-0.4, -0.2) is 44.3 Å². The summed E-state index contributed by atoms with van der Waals surface area (Å²) in [5, 5.41) is 13.3. The van der Waals surface area contributed by atoms with Crippen molar-refractivity contribution >= 4 is 11.9 Å². The Morgan fingerprint density at radius 1 is 1.12 bits per heavy atom. The van der Waals surface area contributed by atoms with Crippen LogP contribution in [0.3, 0.4) is 0 Å². The number of carboxylic acids is 1. The topological polar surface area (TPSA) is 92.5 Å². The number of hydrogen-bond acceptors (Lipinski definition) is 4. The van der Waals surface area contributed by atoms with Crippen LogP contribution in [0.4, 0.5) is 4.39 Å². The number of hydrogen-bond donors (Lipinski definition) is 1. The van der Waals surface area contributed by atoms with E-state index in [2.05, 4.69) is 5.10 Å². The number of nitrogens with zero attached hydrogens (tertiary/aromatic N) is 3. The van der Waals surface area contributed by atoms with Crippen molar-refractivity contribution in [3.05, 3.63) is 58.3 Å². The maximum atomic E-state index is 13.0. The van der Waals surface area contributed by atoms with Crippen LogP contribution >= 0.6 is 0 Å². The number of benzene rings is 1. The Hall–Kier alpha value is -3.03. The first-order chi connectivity index (χ1) is 12.0. The minimum atomic E-state index is -1.06. The highest BCUT2D eigenvalue weighted by atomic mass is 19.1. The lowest BCUT2D eigenvalue weighted by Crippen LogP contribution is -2.48. The molecular weight excluding hydrogens is 329 g/mol. The summed E-state index contributed by atoms with van der Waals surface area (Å²) in [7, 11) is 0. The third kappa shape index (κ3) is 3.42. The zero-order valence-electron chi connectivity index (χ0n) is 13.3. The molecule has 0 unspecified atom stereocenters. The van der Waals surface area contributed by atoms with Crippen molar-refractivity contribution in [2.24, 2.45) is 0 Å². The molecule has 2 heterocycles. The van der Waals surface area contributed by atoms with Crippen LogP contribution in [0, 0.1) is 5.82 Å². The van der Waals surface area contributed by atoms with E-state index in [9.17, 15) is 23.9 Å². The fourth-order valence-electron chi connectivity index (χ4n) is 2.87. The van der Waals surface area contributed by atoms with Crippen molar-refractivity contribution in [1.82, 2.24) is 14.7 Å². The van der Waals surface area contributed by atoms with E-state index in [4.69, 9.17) is 0 Å². The molecule has 0 saturated carbocycles. The Morgan fingerprint density at radius 3 is 2.52 bits per heavy atom. The van der Waals surface area contributed by atoms with E-state index in [1.54, 1.807) is 0 Å². The Labute approximate surface area is 142 Å². The second-order valence-electron chi connectivity index (χ2n) is 5.79. The van der Waals surface area contributed by atoms with Gasteiger partial charge in [0.2, 0.25) is 0 Å². The van der Waals surface area contributed by atoms with Crippen molar-refractivity contribution < 1.29 is 19.1 Å². The first-order valence-corrected chi connectivity index (χ1v) is 7.87. The first-order valence-electron chi connectivity index (χ1n) is 7.87. The van der Waals surface area contributed by atoms with Crippen molar-refractivity contribution in [2.45, 2.75) is 25.3 Å². The number of aromatic nitrogens is 2. The van der Waals surface area contributed by atoms with E-state index in [0.717, 1.165) is 11.1 Å². The molecule has 25 heavy (non-hydrogen) atoms. The fourth-order valence-corrected chi connectivity index (χ4v) is 2.87. The van der Waals surface area contributed by atoms with Gasteiger partial charge in [-0.3, -0.25) is 9.59 Å². The molecule has 1 aliphatic heterocycles. The van der Waals surface area contributed by atoms with Crippen LogP contribution in [0.5, 0.6) is 0 Å². The van der Waals surface area contributed by atoms with E-state index in [-0.39, 0.29) is 5.69 Å². The standard InChI is InChI=1S/C17H16FN3O4/c18-11-4-6-12(7-5-11)21-15(22)9-8-13(19-21)16(23)20-10-2-1-3-14(20)17(24)25/h4-9,14H,1-3,10H2,(H,24,25)/t14-/m1/s1. The predicted octanol–water partition coefficient (Wildman–Crippen LogP) is 1.45. The number of amides is 1. The van der Waals surface area contributed by atoms with Gasteiger partial charge in [0.15, 0.2) is 0 Å². The summed E-state index contributed by atoms with van der Waals surface area (Å²) in [4.78, 5) is 37.3. The number of carbonyl (C=O) groups excluding carboxylic acids is 1. The molecule has 1 aromatic carbocycles. The van der Waals surface area contributed by atoms with Gasteiger partial charge in [-0.15, -0.1) is 0 Å². The molecule has 7 nitrogen and oxygen atoms in total. The normalized spacial score (nSPS) is 17.3. The van der Waals surface area contributed by atoms with E-state index in [0.29, 0.717) is 25.1 Å². The summed E-state index contributed by atoms with van der Waals surface area (Å²) in [5.41, 5.74) is -0.192. The lowest BCUT2D eigenvalue weighted by molar-refractivity contribution is -0.143. The number of rotatable bonds is 3. The van der Waals surface area contributed by atoms with E-state index in [1.807, 2.05) is 0 Å². The number of halogens is 1. The highest BCUT2D eigenvalue weighted by molar-refractivity contribution is 5.95. The van der Waals surface area contributed by atoms with Gasteiger partial charge in [-0.1, -0.05) is 0 Å². The average Bonchev–Trinajstić information content (AvgIpc) is 2.62. The molecule has 1 N–H and O–H groups in total. The van der Waals surface area contributed by atoms with E-state index in [1.165, 1.54) is 41.3 Å². The quantitative estimate of drug-likeness (QED) is 0.909. The third-order valence-corrected chi connectivity index (χ3v) is 4.14. The van der Waals surface area contributed by atoms with Crippen LogP contribution in [0.15, 0.2) is 41.2 Å². The van der Waals surface area contributed by atoms with Crippen molar-refractivity contribution in [3.63, 3.8) is 0 Å². The number of aliphatic carboxylic acids is 1. The zero-order chi connectivity index (χ0) is 18.0. The minimum Gasteiger partial charge on any atom is -0.480 e. The summed E-state index contributed by atoms with van der Waals surface area (Å²) in [6, 6.07) is 6.68. The third-order valence-electron chi connectivity index (χ3n) is 4.14. The van der Waals surface area contributed by atoms with Crippen LogP contribution < -0.4 is 5.56 Å². The van der Waals surface area contributed by atoms with E-state index < -0.39 is 29.3 Å². The monoisotopic (exact) mass is 345 g/mol. The maximum absolute atomic E-state index is 13.0. The van der Waals surface area contributed by atoms with Crippen molar-refractivity contribution in [3.8, 4) is 5.69 Å². The predicted molar refractivity (Wildman–Crippen MR) is 86.1 cm³/mol. The molecule has 3 rings (SSSR count). The van der Waals surface area contributed by atoms with Gasteiger partial charge in [-0.25, -0.2) is 9.18 Å². The summed E-state index contributed by atoms with van der Waals surface area (Å²) in [6.07, 6.45) is 1.84. The number of piperidine rings is 1. The average molecular weight is 345 g/mol. The number of likely N-dealkylation sites (tertiary alicyclic amines) is 1. The lowest BCUT2D eigenvalue weighted by atomic mass is 10.0. The molecule has 1 atom stereocenters. The molecule has 1 aliphatic rings. The zero-order valence-corrected chi connectivity index (χ0v) is 13.3. The van der Waals surface area contributed by atoms with Gasteiger partial charge in [0.1, 0.15) is 17.6 Å². The van der Waals surface area contributed by atoms with Gasteiger partial charge < -0.3 is 10.0 Å². The molecular formula is C17H16FN3O4. The molecule has 0 spiro atoms. The Morgan fingerprint density at radius 2 is 1.84 bits per heavy atom. The second-order valence-corrected chi connectivity index (χ2v) is 5.79. The van der Waals surface area contributed by atoms with Crippen LogP contribution in [0.2, 0.25) is 0 Å². The highest BCUT2D eigenvalue weighted by Gasteiger charge is 2.33. The summed E-state index contributed by atoms with van der Waals surface area (Å²) in [5.74, 6) is -2.05. The smallest absolute Gasteiger partial charge is 0.326 e. The Balaban J connectivity index is 1.96. The molecule has 2 aromatic rings. The van der Waals surface area contributed by atoms with Crippen molar-refractivity contribution in [2.75, 3.05) is 6.54 Å². The lowest BCUT2D eigenvalue weighted by Gasteiger charge is -2.32. The highest BCUT2D eigenvalue weighted by Crippen LogP contribution is 2.19. The molecule has 130 valence electrons. The number of carbonyl (C=O) groups is 2. The van der Waals surface area contributed by atoms with Gasteiger partial charge >= 0.3 is 5.97 Å². The fraction of sp³-hybridized carbons (Fsp3) is 0.294. The first kappa shape index (κ1) is 16.8. The summed E-state index contributed by atoms with van der Waals surface area (Å²) < 4.78 is 14.0. The summed E-state index contributed by atoms with van der Waals surface area (Å²) >= 11 is 0. The molecule has 1 amide bonds. The largest absolute Gasteiger partial charge is 0.480 e. The molecule has 0 bridgehead atoms. The number of carboxylic acid groups (broad SMARTS) is 1. The van der Waals surface area contributed by atoms with Crippen LogP contribution in [-0.2, 0) is 4.79 Å². The van der Waals surface area contributed by atoms with Gasteiger partial charge in [0.25, 0.3) is 11.5 Å². The van der Waals surface area contributed by atoms with Gasteiger partial charge in [-0.2, -0.15) is 9.78 Å². The van der Waals surface area contributed by atoms with Crippen LogP contribution in [0.1, 0.15) is 29.8 Å². The van der Waals surface area contributed by atoms with Gasteiger partial charge in [-0.05, 0) is 49.6 Å². The van der Waals surface area contributed by atoms with Crippen LogP contribution in [0.25, 0.3) is 5.69 Å². The van der Waals surface area contributed by atoms with Gasteiger partial charge in [0.05, 0.1) is 5.69 Å². The van der Waals surface area contributed by atoms with E-state index >= 15 is 0 Å². The van der Waals surface area contributed by atoms with Gasteiger partial charge in [0, 0.05) is 12.6 Å². The van der Waals surface area contributed by atoms with Crippen molar-refractivity contribution in [1.29, 1.82) is 0 Å². The molecule has 1 saturated heterocycles.